The number of rotatable bonds is 3. The summed E-state index contributed by atoms with van der Waals surface area (Å²) in [5.74, 6) is 2.50. The van der Waals surface area contributed by atoms with E-state index in [-0.39, 0.29) is 0 Å². The fourth-order valence-electron chi connectivity index (χ4n) is 3.66. The van der Waals surface area contributed by atoms with Crippen molar-refractivity contribution in [2.75, 3.05) is 5.32 Å². The Morgan fingerprint density at radius 1 is 1.17 bits per heavy atom. The third-order valence-corrected chi connectivity index (χ3v) is 4.96. The van der Waals surface area contributed by atoms with Crippen LogP contribution in [0.2, 0.25) is 0 Å². The summed E-state index contributed by atoms with van der Waals surface area (Å²) >= 11 is 0. The molecule has 2 bridgehead atoms. The second-order valence-electron chi connectivity index (χ2n) is 6.12. The van der Waals surface area contributed by atoms with Crippen LogP contribution in [0.3, 0.4) is 0 Å². The molecule has 0 amide bonds. The Bertz CT molecular complexity index is 474. The van der Waals surface area contributed by atoms with Crippen molar-refractivity contribution in [3.63, 3.8) is 0 Å². The van der Waals surface area contributed by atoms with Crippen LogP contribution in [0.25, 0.3) is 0 Å². The summed E-state index contributed by atoms with van der Waals surface area (Å²) in [6, 6.07) is 7.12. The molecule has 1 nitrogen and oxygen atoms in total. The molecule has 1 saturated carbocycles. The minimum Gasteiger partial charge on any atom is -0.382 e. The number of hydrogen-bond donors (Lipinski definition) is 1. The third kappa shape index (κ3) is 1.96. The Balaban J connectivity index is 1.73. The standard InChI is InChI=1S/C17H23N/c1-11-5-4-6-17(12(11)2)18-13(3)16-10-14-7-8-15(16)9-14/h4-8,13-16,18H,9-10H2,1-3H3. The van der Waals surface area contributed by atoms with E-state index in [2.05, 4.69) is 56.4 Å². The lowest BCUT2D eigenvalue weighted by atomic mass is 9.87. The highest BCUT2D eigenvalue weighted by molar-refractivity contribution is 5.54. The Morgan fingerprint density at radius 3 is 2.67 bits per heavy atom. The van der Waals surface area contributed by atoms with E-state index in [4.69, 9.17) is 0 Å². The summed E-state index contributed by atoms with van der Waals surface area (Å²) in [5, 5.41) is 3.74. The van der Waals surface area contributed by atoms with Crippen molar-refractivity contribution in [1.29, 1.82) is 0 Å². The molecular formula is C17H23N. The van der Waals surface area contributed by atoms with Gasteiger partial charge in [-0.2, -0.15) is 0 Å². The van der Waals surface area contributed by atoms with Crippen LogP contribution in [0, 0.1) is 31.6 Å². The molecule has 0 aliphatic heterocycles. The van der Waals surface area contributed by atoms with E-state index in [1.807, 2.05) is 0 Å². The number of fused-ring (bicyclic) bond motifs is 2. The SMILES string of the molecule is Cc1cccc(NC(C)C2CC3C=CC2C3)c1C. The maximum Gasteiger partial charge on any atom is 0.0374 e. The van der Waals surface area contributed by atoms with Gasteiger partial charge in [0.25, 0.3) is 0 Å². The normalized spacial score (nSPS) is 30.7. The number of benzene rings is 1. The van der Waals surface area contributed by atoms with Crippen LogP contribution in [0.4, 0.5) is 5.69 Å². The van der Waals surface area contributed by atoms with E-state index in [0.29, 0.717) is 6.04 Å². The van der Waals surface area contributed by atoms with Crippen molar-refractivity contribution >= 4 is 5.69 Å². The van der Waals surface area contributed by atoms with Gasteiger partial charge in [-0.15, -0.1) is 0 Å². The predicted octanol–water partition coefficient (Wildman–Crippen LogP) is 4.32. The molecule has 1 fully saturated rings. The molecule has 96 valence electrons. The van der Waals surface area contributed by atoms with Gasteiger partial charge >= 0.3 is 0 Å². The molecule has 1 aromatic carbocycles. The highest BCUT2D eigenvalue weighted by Gasteiger charge is 2.38. The number of anilines is 1. The number of allylic oxidation sites excluding steroid dienone is 2. The number of aryl methyl sites for hydroxylation is 1. The fraction of sp³-hybridized carbons (Fsp3) is 0.529. The molecule has 4 atom stereocenters. The molecule has 3 rings (SSSR count). The summed E-state index contributed by atoms with van der Waals surface area (Å²) < 4.78 is 0. The predicted molar refractivity (Wildman–Crippen MR) is 77.8 cm³/mol. The van der Waals surface area contributed by atoms with Crippen LogP contribution >= 0.6 is 0 Å². The van der Waals surface area contributed by atoms with Crippen LogP contribution in [0.5, 0.6) is 0 Å². The molecule has 1 aromatic rings. The van der Waals surface area contributed by atoms with Crippen molar-refractivity contribution in [3.8, 4) is 0 Å². The highest BCUT2D eigenvalue weighted by Crippen LogP contribution is 2.45. The lowest BCUT2D eigenvalue weighted by molar-refractivity contribution is 0.400. The van der Waals surface area contributed by atoms with E-state index < -0.39 is 0 Å². The first-order chi connectivity index (χ1) is 8.65. The van der Waals surface area contributed by atoms with Gasteiger partial charge in [-0.1, -0.05) is 24.3 Å². The number of hydrogen-bond acceptors (Lipinski definition) is 1. The van der Waals surface area contributed by atoms with E-state index in [1.54, 1.807) is 0 Å². The van der Waals surface area contributed by atoms with Gasteiger partial charge in [0, 0.05) is 11.7 Å². The van der Waals surface area contributed by atoms with Crippen LogP contribution in [-0.4, -0.2) is 6.04 Å². The Kier molecular flexibility index (Phi) is 2.93. The van der Waals surface area contributed by atoms with E-state index in [9.17, 15) is 0 Å². The second-order valence-corrected chi connectivity index (χ2v) is 6.12. The maximum atomic E-state index is 3.74. The molecule has 18 heavy (non-hydrogen) atoms. The van der Waals surface area contributed by atoms with Crippen molar-refractivity contribution in [2.24, 2.45) is 17.8 Å². The summed E-state index contributed by atoms with van der Waals surface area (Å²) in [6.07, 6.45) is 7.63. The molecule has 1 N–H and O–H groups in total. The zero-order chi connectivity index (χ0) is 12.7. The lowest BCUT2D eigenvalue weighted by Gasteiger charge is -2.28. The van der Waals surface area contributed by atoms with Gasteiger partial charge in [0.15, 0.2) is 0 Å². The van der Waals surface area contributed by atoms with Crippen molar-refractivity contribution in [2.45, 2.75) is 39.7 Å². The van der Waals surface area contributed by atoms with E-state index in [1.165, 1.54) is 29.7 Å². The first-order valence-corrected chi connectivity index (χ1v) is 7.16. The quantitative estimate of drug-likeness (QED) is 0.777. The molecule has 0 radical (unpaired) electrons. The summed E-state index contributed by atoms with van der Waals surface area (Å²) in [5.41, 5.74) is 4.08. The van der Waals surface area contributed by atoms with Gasteiger partial charge in [-0.3, -0.25) is 0 Å². The van der Waals surface area contributed by atoms with Crippen molar-refractivity contribution < 1.29 is 0 Å². The van der Waals surface area contributed by atoms with Gasteiger partial charge < -0.3 is 5.32 Å². The van der Waals surface area contributed by atoms with Crippen LogP contribution in [-0.2, 0) is 0 Å². The zero-order valence-corrected chi connectivity index (χ0v) is 11.6. The average Bonchev–Trinajstić information content (AvgIpc) is 2.97. The molecule has 0 heterocycles. The number of nitrogens with one attached hydrogen (secondary N) is 1. The van der Waals surface area contributed by atoms with Crippen LogP contribution in [0.15, 0.2) is 30.4 Å². The molecule has 1 heteroatoms. The summed E-state index contributed by atoms with van der Waals surface area (Å²) in [6.45, 7) is 6.75. The zero-order valence-electron chi connectivity index (χ0n) is 11.6. The molecule has 2 aliphatic carbocycles. The smallest absolute Gasteiger partial charge is 0.0374 e. The van der Waals surface area contributed by atoms with Gasteiger partial charge in [0.1, 0.15) is 0 Å². The molecular weight excluding hydrogens is 218 g/mol. The monoisotopic (exact) mass is 241 g/mol. The van der Waals surface area contributed by atoms with Crippen LogP contribution < -0.4 is 5.32 Å². The highest BCUT2D eigenvalue weighted by atomic mass is 14.9. The molecule has 0 saturated heterocycles. The molecule has 2 aliphatic rings. The Labute approximate surface area is 110 Å². The molecule has 0 spiro atoms. The topological polar surface area (TPSA) is 12.0 Å². The van der Waals surface area contributed by atoms with Gasteiger partial charge in [-0.25, -0.2) is 0 Å². The maximum absolute atomic E-state index is 3.74. The second kappa shape index (κ2) is 4.46. The van der Waals surface area contributed by atoms with Crippen molar-refractivity contribution in [1.82, 2.24) is 0 Å². The average molecular weight is 241 g/mol. The largest absolute Gasteiger partial charge is 0.382 e. The first kappa shape index (κ1) is 11.8. The lowest BCUT2D eigenvalue weighted by Crippen LogP contribution is -2.29. The minimum atomic E-state index is 0.574. The van der Waals surface area contributed by atoms with E-state index in [0.717, 1.165) is 17.8 Å². The van der Waals surface area contributed by atoms with Gasteiger partial charge in [0.05, 0.1) is 0 Å². The first-order valence-electron chi connectivity index (χ1n) is 7.16. The van der Waals surface area contributed by atoms with Gasteiger partial charge in [0.2, 0.25) is 0 Å². The fourth-order valence-corrected chi connectivity index (χ4v) is 3.66. The van der Waals surface area contributed by atoms with Crippen LogP contribution in [0.1, 0.15) is 30.9 Å². The molecule has 0 aromatic heterocycles. The minimum absolute atomic E-state index is 0.574. The van der Waals surface area contributed by atoms with E-state index >= 15 is 0 Å². The van der Waals surface area contributed by atoms with Crippen molar-refractivity contribution in [3.05, 3.63) is 41.5 Å². The molecule has 4 unspecified atom stereocenters. The Morgan fingerprint density at radius 2 is 2.00 bits per heavy atom. The summed E-state index contributed by atoms with van der Waals surface area (Å²) in [7, 11) is 0. The Hall–Kier alpha value is -1.24. The van der Waals surface area contributed by atoms with Gasteiger partial charge in [-0.05, 0) is 68.6 Å². The third-order valence-electron chi connectivity index (χ3n) is 4.96. The summed E-state index contributed by atoms with van der Waals surface area (Å²) in [4.78, 5) is 0.